The number of rotatable bonds is 6. The molecule has 1 aliphatic rings. The molecule has 2 N–H and O–H groups in total. The van der Waals surface area contributed by atoms with Crippen LogP contribution in [-0.4, -0.2) is 34.1 Å². The van der Waals surface area contributed by atoms with E-state index in [0.29, 0.717) is 34.7 Å². The van der Waals surface area contributed by atoms with Crippen LogP contribution in [-0.2, 0) is 0 Å². The van der Waals surface area contributed by atoms with Crippen LogP contribution < -0.4 is 15.4 Å². The van der Waals surface area contributed by atoms with Gasteiger partial charge in [0.25, 0.3) is 0 Å². The average molecular weight is 372 g/mol. The summed E-state index contributed by atoms with van der Waals surface area (Å²) in [7, 11) is 0. The molecule has 0 spiro atoms. The van der Waals surface area contributed by atoms with Gasteiger partial charge in [0.05, 0.1) is 17.8 Å². The number of nitrogens with one attached hydrogen (secondary N) is 2. The third-order valence-electron chi connectivity index (χ3n) is 4.55. The number of pyridine rings is 1. The van der Waals surface area contributed by atoms with E-state index < -0.39 is 0 Å². The monoisotopic (exact) mass is 372 g/mol. The number of hydrogen-bond acceptors (Lipinski definition) is 7. The molecule has 3 heterocycles. The normalized spacial score (nSPS) is 15.8. The molecule has 1 saturated heterocycles. The largest absolute Gasteiger partial charge is 0.437 e. The van der Waals surface area contributed by atoms with Gasteiger partial charge in [-0.05, 0) is 49.7 Å². The van der Waals surface area contributed by atoms with Crippen LogP contribution in [0, 0.1) is 11.3 Å². The summed E-state index contributed by atoms with van der Waals surface area (Å²) in [6.07, 6.45) is 7.48. The number of anilines is 1. The molecule has 0 unspecified atom stereocenters. The van der Waals surface area contributed by atoms with Gasteiger partial charge < -0.3 is 15.4 Å². The smallest absolute Gasteiger partial charge is 0.246 e. The summed E-state index contributed by atoms with van der Waals surface area (Å²) in [6.45, 7) is 1.82. The first-order valence-electron chi connectivity index (χ1n) is 9.24. The van der Waals surface area contributed by atoms with Crippen LogP contribution >= 0.6 is 0 Å². The molecule has 0 aliphatic carbocycles. The van der Waals surface area contributed by atoms with Gasteiger partial charge in [0.2, 0.25) is 5.88 Å². The Bertz CT molecular complexity index is 980. The second-order valence-corrected chi connectivity index (χ2v) is 6.57. The Morgan fingerprint density at radius 2 is 2.21 bits per heavy atom. The van der Waals surface area contributed by atoms with Gasteiger partial charge in [0.15, 0.2) is 5.82 Å². The van der Waals surface area contributed by atoms with Gasteiger partial charge in [-0.15, -0.1) is 0 Å². The summed E-state index contributed by atoms with van der Waals surface area (Å²) in [5, 5.41) is 16.0. The van der Waals surface area contributed by atoms with Crippen molar-refractivity contribution in [3.8, 4) is 29.1 Å². The molecule has 3 aromatic rings. The molecule has 7 nitrogen and oxygen atoms in total. The zero-order chi connectivity index (χ0) is 19.2. The van der Waals surface area contributed by atoms with E-state index in [4.69, 9.17) is 10.00 Å². The number of ether oxygens (including phenoxy) is 1. The zero-order valence-electron chi connectivity index (χ0n) is 15.3. The summed E-state index contributed by atoms with van der Waals surface area (Å²) in [6, 6.07) is 13.3. The number of nitrogens with zero attached hydrogens (tertiary/aromatic N) is 4. The lowest BCUT2D eigenvalue weighted by Gasteiger charge is -2.16. The summed E-state index contributed by atoms with van der Waals surface area (Å²) < 4.78 is 6.02. The lowest BCUT2D eigenvalue weighted by molar-refractivity contribution is 0.463. The predicted octanol–water partition coefficient (Wildman–Crippen LogP) is 3.37. The molecular weight excluding hydrogens is 352 g/mol. The number of hydrogen-bond donors (Lipinski definition) is 2. The third kappa shape index (κ3) is 4.24. The van der Waals surface area contributed by atoms with Crippen molar-refractivity contribution in [2.24, 2.45) is 0 Å². The van der Waals surface area contributed by atoms with Gasteiger partial charge in [-0.1, -0.05) is 6.07 Å². The van der Waals surface area contributed by atoms with E-state index >= 15 is 0 Å². The maximum atomic E-state index is 9.12. The summed E-state index contributed by atoms with van der Waals surface area (Å²) in [5.41, 5.74) is 2.05. The Kier molecular flexibility index (Phi) is 5.41. The van der Waals surface area contributed by atoms with Crippen LogP contribution in [0.4, 0.5) is 5.69 Å². The van der Waals surface area contributed by atoms with E-state index in [1.807, 2.05) is 12.1 Å². The highest BCUT2D eigenvalue weighted by atomic mass is 16.5. The van der Waals surface area contributed by atoms with E-state index in [1.54, 1.807) is 42.9 Å². The third-order valence-corrected chi connectivity index (χ3v) is 4.55. The Morgan fingerprint density at radius 1 is 1.25 bits per heavy atom. The van der Waals surface area contributed by atoms with Crippen LogP contribution in [0.5, 0.6) is 11.6 Å². The van der Waals surface area contributed by atoms with Gasteiger partial charge in [0, 0.05) is 30.5 Å². The van der Waals surface area contributed by atoms with Crippen LogP contribution in [0.2, 0.25) is 0 Å². The molecule has 2 aromatic heterocycles. The minimum atomic E-state index is 0.418. The molecule has 1 aromatic carbocycles. The van der Waals surface area contributed by atoms with E-state index in [0.717, 1.165) is 25.1 Å². The fourth-order valence-electron chi connectivity index (χ4n) is 3.10. The predicted molar refractivity (Wildman–Crippen MR) is 106 cm³/mol. The highest BCUT2D eigenvalue weighted by Gasteiger charge is 2.16. The van der Waals surface area contributed by atoms with Gasteiger partial charge >= 0.3 is 0 Å². The maximum Gasteiger partial charge on any atom is 0.246 e. The molecule has 1 aliphatic heterocycles. The summed E-state index contributed by atoms with van der Waals surface area (Å²) in [5.74, 6) is 1.50. The molecule has 1 atom stereocenters. The fraction of sp³-hybridized carbons (Fsp3) is 0.238. The Morgan fingerprint density at radius 3 is 3.00 bits per heavy atom. The van der Waals surface area contributed by atoms with E-state index in [2.05, 4.69) is 31.7 Å². The zero-order valence-corrected chi connectivity index (χ0v) is 15.3. The van der Waals surface area contributed by atoms with E-state index in [-0.39, 0.29) is 0 Å². The summed E-state index contributed by atoms with van der Waals surface area (Å²) in [4.78, 5) is 13.2. The minimum absolute atomic E-state index is 0.418. The van der Waals surface area contributed by atoms with Crippen LogP contribution in [0.15, 0.2) is 55.0 Å². The molecule has 0 saturated carbocycles. The molecule has 28 heavy (non-hydrogen) atoms. The van der Waals surface area contributed by atoms with Gasteiger partial charge in [-0.25, -0.2) is 4.98 Å². The molecule has 0 radical (unpaired) electrons. The highest BCUT2D eigenvalue weighted by Crippen LogP contribution is 2.29. The van der Waals surface area contributed by atoms with Gasteiger partial charge in [-0.3, -0.25) is 4.98 Å². The molecule has 1 fully saturated rings. The maximum absolute atomic E-state index is 9.12. The quantitative estimate of drug-likeness (QED) is 0.685. The van der Waals surface area contributed by atoms with Crippen molar-refractivity contribution in [1.29, 1.82) is 5.26 Å². The van der Waals surface area contributed by atoms with Gasteiger partial charge in [-0.2, -0.15) is 10.2 Å². The molecular formula is C21H20N6O. The number of benzene rings is 1. The molecule has 140 valence electrons. The first-order chi connectivity index (χ1) is 13.8. The van der Waals surface area contributed by atoms with Crippen molar-refractivity contribution < 1.29 is 4.74 Å². The van der Waals surface area contributed by atoms with Crippen LogP contribution in [0.25, 0.3) is 11.4 Å². The van der Waals surface area contributed by atoms with Crippen LogP contribution in [0.3, 0.4) is 0 Å². The van der Waals surface area contributed by atoms with Crippen molar-refractivity contribution in [3.63, 3.8) is 0 Å². The molecule has 0 amide bonds. The first kappa shape index (κ1) is 17.9. The minimum Gasteiger partial charge on any atom is -0.437 e. The first-order valence-corrected chi connectivity index (χ1v) is 9.24. The topological polar surface area (TPSA) is 95.8 Å². The molecule has 0 bridgehead atoms. The Hall–Kier alpha value is -3.50. The van der Waals surface area contributed by atoms with Crippen molar-refractivity contribution >= 4 is 5.69 Å². The lowest BCUT2D eigenvalue weighted by atomic mass is 10.2. The summed E-state index contributed by atoms with van der Waals surface area (Å²) >= 11 is 0. The second-order valence-electron chi connectivity index (χ2n) is 6.57. The standard InChI is InChI=1S/C21H20N6O/c22-11-15-4-1-7-18(10-15)28-21-19(25-13-17-6-3-9-24-17)14-26-20(27-21)16-5-2-8-23-12-16/h1-2,4-5,7-8,10,12,14,17,24-25H,3,6,9,13H2/t17-/m0/s1. The molecule has 4 rings (SSSR count). The van der Waals surface area contributed by atoms with Crippen molar-refractivity contribution in [3.05, 3.63) is 60.6 Å². The number of nitriles is 1. The fourth-order valence-corrected chi connectivity index (χ4v) is 3.10. The van der Waals surface area contributed by atoms with Crippen molar-refractivity contribution in [2.75, 3.05) is 18.4 Å². The van der Waals surface area contributed by atoms with E-state index in [9.17, 15) is 0 Å². The van der Waals surface area contributed by atoms with Crippen molar-refractivity contribution in [2.45, 2.75) is 18.9 Å². The Labute approximate surface area is 163 Å². The highest BCUT2D eigenvalue weighted by molar-refractivity contribution is 5.60. The average Bonchev–Trinajstić information content (AvgIpc) is 3.27. The second kappa shape index (κ2) is 8.46. The van der Waals surface area contributed by atoms with Crippen molar-refractivity contribution in [1.82, 2.24) is 20.3 Å². The van der Waals surface area contributed by atoms with E-state index in [1.165, 1.54) is 6.42 Å². The lowest BCUT2D eigenvalue weighted by Crippen LogP contribution is -2.29. The van der Waals surface area contributed by atoms with Gasteiger partial charge in [0.1, 0.15) is 11.4 Å². The Balaban J connectivity index is 1.63. The number of aromatic nitrogens is 3. The molecule has 7 heteroatoms. The SMILES string of the molecule is N#Cc1cccc(Oc2nc(-c3cccnc3)ncc2NC[C@@H]2CCCN2)c1. The van der Waals surface area contributed by atoms with Crippen LogP contribution in [0.1, 0.15) is 18.4 Å².